The second-order valence-corrected chi connectivity index (χ2v) is 4.56. The number of hydrogen-bond donors (Lipinski definition) is 1. The van der Waals surface area contributed by atoms with E-state index in [4.69, 9.17) is 16.3 Å². The second-order valence-electron chi connectivity index (χ2n) is 4.15. The van der Waals surface area contributed by atoms with E-state index in [1.807, 2.05) is 31.3 Å². The molecule has 6 heteroatoms. The first-order valence-electron chi connectivity index (χ1n) is 5.95. The molecule has 0 fully saturated rings. The molecule has 5 nitrogen and oxygen atoms in total. The topological polar surface area (TPSA) is 64.4 Å². The summed E-state index contributed by atoms with van der Waals surface area (Å²) in [5.74, 6) is 1.01. The van der Waals surface area contributed by atoms with E-state index in [0.717, 1.165) is 12.1 Å². The van der Waals surface area contributed by atoms with E-state index in [1.165, 1.54) is 18.2 Å². The Bertz CT molecular complexity index is 614. The van der Waals surface area contributed by atoms with Crippen molar-refractivity contribution in [3.63, 3.8) is 0 Å². The zero-order chi connectivity index (χ0) is 14.5. The summed E-state index contributed by atoms with van der Waals surface area (Å²) in [5.41, 5.74) is 1.07. The van der Waals surface area contributed by atoms with E-state index < -0.39 is 4.92 Å². The molecule has 0 saturated heterocycles. The van der Waals surface area contributed by atoms with Crippen molar-refractivity contribution in [2.45, 2.75) is 6.54 Å². The molecule has 1 N–H and O–H groups in total. The Balaban J connectivity index is 2.15. The number of nitro benzene ring substituents is 1. The summed E-state index contributed by atoms with van der Waals surface area (Å²) in [7, 11) is 1.88. The van der Waals surface area contributed by atoms with Gasteiger partial charge in [-0.2, -0.15) is 0 Å². The molecule has 0 saturated carbocycles. The fourth-order valence-electron chi connectivity index (χ4n) is 1.69. The number of nitro groups is 1. The molecule has 104 valence electrons. The minimum absolute atomic E-state index is 0.0632. The third-order valence-electron chi connectivity index (χ3n) is 2.66. The SMILES string of the molecule is CNCc1ccc(Oc2ccc([N+](=O)[O-])cc2Cl)cc1. The molecule has 0 radical (unpaired) electrons. The normalized spacial score (nSPS) is 10.3. The summed E-state index contributed by atoms with van der Waals surface area (Å²) < 4.78 is 5.60. The highest BCUT2D eigenvalue weighted by Gasteiger charge is 2.10. The zero-order valence-corrected chi connectivity index (χ0v) is 11.6. The summed E-state index contributed by atoms with van der Waals surface area (Å²) in [5, 5.41) is 13.9. The summed E-state index contributed by atoms with van der Waals surface area (Å²) >= 11 is 5.96. The Morgan fingerprint density at radius 1 is 1.25 bits per heavy atom. The fraction of sp³-hybridized carbons (Fsp3) is 0.143. The average Bonchev–Trinajstić information content (AvgIpc) is 2.43. The summed E-state index contributed by atoms with van der Waals surface area (Å²) in [6, 6.07) is 11.6. The molecule has 0 spiro atoms. The van der Waals surface area contributed by atoms with Gasteiger partial charge < -0.3 is 10.1 Å². The van der Waals surface area contributed by atoms with Crippen molar-refractivity contribution in [2.24, 2.45) is 0 Å². The Kier molecular flexibility index (Phi) is 4.55. The van der Waals surface area contributed by atoms with E-state index in [1.54, 1.807) is 0 Å². The van der Waals surface area contributed by atoms with Crippen molar-refractivity contribution >= 4 is 17.3 Å². The molecule has 0 amide bonds. The molecule has 0 bridgehead atoms. The van der Waals surface area contributed by atoms with E-state index in [2.05, 4.69) is 5.32 Å². The maximum absolute atomic E-state index is 10.6. The lowest BCUT2D eigenvalue weighted by Gasteiger charge is -2.08. The number of rotatable bonds is 5. The predicted molar refractivity (Wildman–Crippen MR) is 77.4 cm³/mol. The number of ether oxygens (including phenoxy) is 1. The quantitative estimate of drug-likeness (QED) is 0.673. The van der Waals surface area contributed by atoms with Gasteiger partial charge in [0.05, 0.1) is 9.95 Å². The van der Waals surface area contributed by atoms with Gasteiger partial charge in [0.15, 0.2) is 0 Å². The van der Waals surface area contributed by atoms with Crippen molar-refractivity contribution < 1.29 is 9.66 Å². The Morgan fingerprint density at radius 2 is 1.95 bits per heavy atom. The molecule has 0 aliphatic carbocycles. The van der Waals surface area contributed by atoms with Crippen LogP contribution in [0.15, 0.2) is 42.5 Å². The zero-order valence-electron chi connectivity index (χ0n) is 10.8. The van der Waals surface area contributed by atoms with Crippen LogP contribution in [0, 0.1) is 10.1 Å². The summed E-state index contributed by atoms with van der Waals surface area (Å²) in [6.07, 6.45) is 0. The Hall–Kier alpha value is -2.11. The van der Waals surface area contributed by atoms with Gasteiger partial charge in [0.25, 0.3) is 5.69 Å². The van der Waals surface area contributed by atoms with Crippen LogP contribution in [0.5, 0.6) is 11.5 Å². The van der Waals surface area contributed by atoms with Crippen LogP contribution in [0.4, 0.5) is 5.69 Å². The van der Waals surface area contributed by atoms with Crippen LogP contribution < -0.4 is 10.1 Å². The lowest BCUT2D eigenvalue weighted by atomic mass is 10.2. The minimum atomic E-state index is -0.498. The standard InChI is InChI=1S/C14H13ClN2O3/c1-16-9-10-2-5-12(6-3-10)20-14-7-4-11(17(18)19)8-13(14)15/h2-8,16H,9H2,1H3. The van der Waals surface area contributed by atoms with Gasteiger partial charge in [-0.25, -0.2) is 0 Å². The summed E-state index contributed by atoms with van der Waals surface area (Å²) in [4.78, 5) is 10.1. The van der Waals surface area contributed by atoms with Crippen LogP contribution in [0.1, 0.15) is 5.56 Å². The molecule has 0 atom stereocenters. The lowest BCUT2D eigenvalue weighted by molar-refractivity contribution is -0.384. The van der Waals surface area contributed by atoms with Crippen LogP contribution in [0.25, 0.3) is 0 Å². The highest BCUT2D eigenvalue weighted by Crippen LogP contribution is 2.32. The third-order valence-corrected chi connectivity index (χ3v) is 2.95. The van der Waals surface area contributed by atoms with E-state index >= 15 is 0 Å². The number of non-ortho nitro benzene ring substituents is 1. The molecular weight excluding hydrogens is 280 g/mol. The maximum Gasteiger partial charge on any atom is 0.271 e. The van der Waals surface area contributed by atoms with E-state index in [0.29, 0.717) is 11.5 Å². The average molecular weight is 293 g/mol. The molecule has 2 aromatic rings. The first kappa shape index (κ1) is 14.3. The van der Waals surface area contributed by atoms with Gasteiger partial charge in [-0.15, -0.1) is 0 Å². The molecule has 20 heavy (non-hydrogen) atoms. The number of benzene rings is 2. The first-order chi connectivity index (χ1) is 9.60. The van der Waals surface area contributed by atoms with Gasteiger partial charge in [0.2, 0.25) is 0 Å². The van der Waals surface area contributed by atoms with Crippen LogP contribution in [-0.2, 0) is 6.54 Å². The molecular formula is C14H13ClN2O3. The Morgan fingerprint density at radius 3 is 2.50 bits per heavy atom. The van der Waals surface area contributed by atoms with Crippen LogP contribution >= 0.6 is 11.6 Å². The molecule has 0 aliphatic heterocycles. The van der Waals surface area contributed by atoms with Crippen LogP contribution in [0.3, 0.4) is 0 Å². The number of nitrogens with zero attached hydrogens (tertiary/aromatic N) is 1. The van der Waals surface area contributed by atoms with Crippen molar-refractivity contribution in [2.75, 3.05) is 7.05 Å². The highest BCUT2D eigenvalue weighted by atomic mass is 35.5. The summed E-state index contributed by atoms with van der Waals surface area (Å²) in [6.45, 7) is 0.776. The molecule has 0 aliphatic rings. The maximum atomic E-state index is 10.6. The molecule has 2 rings (SSSR count). The predicted octanol–water partition coefficient (Wildman–Crippen LogP) is 3.76. The largest absolute Gasteiger partial charge is 0.456 e. The van der Waals surface area contributed by atoms with E-state index in [9.17, 15) is 10.1 Å². The monoisotopic (exact) mass is 292 g/mol. The van der Waals surface area contributed by atoms with Crippen molar-refractivity contribution in [3.05, 3.63) is 63.2 Å². The fourth-order valence-corrected chi connectivity index (χ4v) is 1.91. The van der Waals surface area contributed by atoms with Crippen molar-refractivity contribution in [1.82, 2.24) is 5.32 Å². The van der Waals surface area contributed by atoms with Gasteiger partial charge in [-0.05, 0) is 30.8 Å². The van der Waals surface area contributed by atoms with Gasteiger partial charge in [0, 0.05) is 18.7 Å². The van der Waals surface area contributed by atoms with Gasteiger partial charge in [0.1, 0.15) is 11.5 Å². The van der Waals surface area contributed by atoms with Crippen molar-refractivity contribution in [3.8, 4) is 11.5 Å². The first-order valence-corrected chi connectivity index (χ1v) is 6.33. The van der Waals surface area contributed by atoms with E-state index in [-0.39, 0.29) is 10.7 Å². The Labute approximate surface area is 121 Å². The number of halogens is 1. The number of hydrogen-bond acceptors (Lipinski definition) is 4. The highest BCUT2D eigenvalue weighted by molar-refractivity contribution is 6.32. The molecule has 0 unspecified atom stereocenters. The van der Waals surface area contributed by atoms with Gasteiger partial charge >= 0.3 is 0 Å². The number of nitrogens with one attached hydrogen (secondary N) is 1. The molecule has 0 heterocycles. The van der Waals surface area contributed by atoms with Crippen LogP contribution in [-0.4, -0.2) is 12.0 Å². The van der Waals surface area contributed by atoms with Gasteiger partial charge in [-0.1, -0.05) is 23.7 Å². The molecule has 2 aromatic carbocycles. The smallest absolute Gasteiger partial charge is 0.271 e. The van der Waals surface area contributed by atoms with Gasteiger partial charge in [-0.3, -0.25) is 10.1 Å². The second kappa shape index (κ2) is 6.36. The minimum Gasteiger partial charge on any atom is -0.456 e. The lowest BCUT2D eigenvalue weighted by Crippen LogP contribution is -2.04. The molecule has 0 aromatic heterocycles. The van der Waals surface area contributed by atoms with Crippen molar-refractivity contribution in [1.29, 1.82) is 0 Å². The third kappa shape index (κ3) is 3.46. The van der Waals surface area contributed by atoms with Crippen LogP contribution in [0.2, 0.25) is 5.02 Å².